The normalized spacial score (nSPS) is 12.1. The predicted molar refractivity (Wildman–Crippen MR) is 68.7 cm³/mol. The monoisotopic (exact) mass is 293 g/mol. The van der Waals surface area contributed by atoms with Crippen LogP contribution in [-0.2, 0) is 0 Å². The molecule has 0 saturated heterocycles. The Kier molecular flexibility index (Phi) is 3.58. The molecule has 0 saturated carbocycles. The molecule has 0 radical (unpaired) electrons. The Morgan fingerprint density at radius 3 is 3.00 bits per heavy atom. The van der Waals surface area contributed by atoms with Gasteiger partial charge in [-0.25, -0.2) is 9.78 Å². The van der Waals surface area contributed by atoms with Gasteiger partial charge in [0.2, 0.25) is 0 Å². The van der Waals surface area contributed by atoms with Crippen molar-refractivity contribution < 1.29 is 4.79 Å². The average molecular weight is 294 g/mol. The molecule has 0 aliphatic heterocycles. The van der Waals surface area contributed by atoms with Crippen molar-refractivity contribution in [3.63, 3.8) is 0 Å². The first kappa shape index (κ1) is 11.9. The van der Waals surface area contributed by atoms with Gasteiger partial charge < -0.3 is 5.32 Å². The largest absolute Gasteiger partial charge is 0.331 e. The Bertz CT molecular complexity index is 510. The summed E-state index contributed by atoms with van der Waals surface area (Å²) in [6.45, 7) is 1.94. The maximum Gasteiger partial charge on any atom is 0.327 e. The van der Waals surface area contributed by atoms with Crippen molar-refractivity contribution in [1.82, 2.24) is 14.9 Å². The Balaban J connectivity index is 2.07. The van der Waals surface area contributed by atoms with Crippen LogP contribution in [0.1, 0.15) is 18.5 Å². The zero-order valence-electron chi connectivity index (χ0n) is 9.30. The minimum Gasteiger partial charge on any atom is -0.331 e. The van der Waals surface area contributed by atoms with E-state index in [1.807, 2.05) is 31.2 Å². The summed E-state index contributed by atoms with van der Waals surface area (Å²) >= 11 is 3.41. The number of carbonyl (C=O) groups is 1. The van der Waals surface area contributed by atoms with E-state index in [9.17, 15) is 4.79 Å². The number of nitrogens with zero attached hydrogens (tertiary/aromatic N) is 2. The molecule has 0 aliphatic rings. The zero-order valence-corrected chi connectivity index (χ0v) is 10.9. The van der Waals surface area contributed by atoms with Crippen molar-refractivity contribution in [2.45, 2.75) is 13.0 Å². The highest BCUT2D eigenvalue weighted by atomic mass is 79.9. The Hall–Kier alpha value is -1.62. The molecule has 0 bridgehead atoms. The van der Waals surface area contributed by atoms with Gasteiger partial charge in [0.15, 0.2) is 0 Å². The molecule has 0 aliphatic carbocycles. The minimum atomic E-state index is -0.185. The van der Waals surface area contributed by atoms with Crippen LogP contribution in [0.4, 0.5) is 4.79 Å². The molecule has 0 fully saturated rings. The number of imidazole rings is 1. The number of amides is 1. The zero-order chi connectivity index (χ0) is 12.3. The van der Waals surface area contributed by atoms with Gasteiger partial charge in [0.05, 0.1) is 6.04 Å². The molecule has 1 aromatic carbocycles. The third kappa shape index (κ3) is 2.94. The molecule has 2 rings (SSSR count). The second kappa shape index (κ2) is 5.14. The van der Waals surface area contributed by atoms with Crippen LogP contribution < -0.4 is 5.32 Å². The molecule has 17 heavy (non-hydrogen) atoms. The first-order valence-electron chi connectivity index (χ1n) is 5.21. The summed E-state index contributed by atoms with van der Waals surface area (Å²) in [5.41, 5.74) is 1.05. The maximum absolute atomic E-state index is 11.8. The molecule has 1 atom stereocenters. The van der Waals surface area contributed by atoms with E-state index in [0.717, 1.165) is 10.0 Å². The van der Waals surface area contributed by atoms with Crippen molar-refractivity contribution in [1.29, 1.82) is 0 Å². The number of halogens is 1. The smallest absolute Gasteiger partial charge is 0.327 e. The summed E-state index contributed by atoms with van der Waals surface area (Å²) < 4.78 is 2.41. The topological polar surface area (TPSA) is 46.9 Å². The lowest BCUT2D eigenvalue weighted by Gasteiger charge is -2.14. The van der Waals surface area contributed by atoms with Gasteiger partial charge in [-0.3, -0.25) is 4.57 Å². The summed E-state index contributed by atoms with van der Waals surface area (Å²) in [6, 6.07) is 7.62. The van der Waals surface area contributed by atoms with E-state index in [4.69, 9.17) is 0 Å². The van der Waals surface area contributed by atoms with E-state index in [2.05, 4.69) is 26.2 Å². The molecule has 5 heteroatoms. The van der Waals surface area contributed by atoms with E-state index in [-0.39, 0.29) is 12.1 Å². The highest BCUT2D eigenvalue weighted by Crippen LogP contribution is 2.17. The van der Waals surface area contributed by atoms with Crippen LogP contribution >= 0.6 is 15.9 Å². The van der Waals surface area contributed by atoms with Crippen molar-refractivity contribution in [3.8, 4) is 0 Å². The number of carbonyl (C=O) groups excluding carboxylic acids is 1. The van der Waals surface area contributed by atoms with Crippen LogP contribution in [0.5, 0.6) is 0 Å². The van der Waals surface area contributed by atoms with Gasteiger partial charge in [0, 0.05) is 16.9 Å². The number of rotatable bonds is 2. The second-order valence-electron chi connectivity index (χ2n) is 3.70. The standard InChI is InChI=1S/C12H12BrN3O/c1-9(10-3-2-4-11(13)7-10)15-12(17)16-6-5-14-8-16/h2-9H,1H3,(H,15,17)/t9-/m1/s1. The quantitative estimate of drug-likeness (QED) is 0.925. The molecule has 0 spiro atoms. The Morgan fingerprint density at radius 1 is 1.53 bits per heavy atom. The summed E-state index contributed by atoms with van der Waals surface area (Å²) in [5.74, 6) is 0. The molecule has 88 valence electrons. The maximum atomic E-state index is 11.8. The van der Waals surface area contributed by atoms with Crippen LogP contribution in [0, 0.1) is 0 Å². The lowest BCUT2D eigenvalue weighted by molar-refractivity contribution is 0.239. The van der Waals surface area contributed by atoms with E-state index >= 15 is 0 Å². The summed E-state index contributed by atoms with van der Waals surface area (Å²) in [4.78, 5) is 15.6. The molecule has 4 nitrogen and oxygen atoms in total. The predicted octanol–water partition coefficient (Wildman–Crippen LogP) is 2.96. The van der Waals surface area contributed by atoms with E-state index in [1.165, 1.54) is 10.9 Å². The lowest BCUT2D eigenvalue weighted by Crippen LogP contribution is -2.30. The number of aromatic nitrogens is 2. The molecular formula is C12H12BrN3O. The Labute approximate surface area is 108 Å². The molecular weight excluding hydrogens is 282 g/mol. The van der Waals surface area contributed by atoms with E-state index in [0.29, 0.717) is 0 Å². The number of nitrogens with one attached hydrogen (secondary N) is 1. The summed E-state index contributed by atoms with van der Waals surface area (Å²) in [6.07, 6.45) is 4.66. The molecule has 2 aromatic rings. The van der Waals surface area contributed by atoms with Gasteiger partial charge in [-0.1, -0.05) is 28.1 Å². The lowest BCUT2D eigenvalue weighted by atomic mass is 10.1. The van der Waals surface area contributed by atoms with Gasteiger partial charge in [0.1, 0.15) is 6.33 Å². The minimum absolute atomic E-state index is 0.0533. The first-order chi connectivity index (χ1) is 8.16. The van der Waals surface area contributed by atoms with E-state index in [1.54, 1.807) is 12.4 Å². The summed E-state index contributed by atoms with van der Waals surface area (Å²) in [5, 5.41) is 2.89. The molecule has 0 unspecified atom stereocenters. The molecule has 1 heterocycles. The van der Waals surface area contributed by atoms with E-state index < -0.39 is 0 Å². The fourth-order valence-electron chi connectivity index (χ4n) is 1.50. The Morgan fingerprint density at radius 2 is 2.35 bits per heavy atom. The fourth-order valence-corrected chi connectivity index (χ4v) is 1.92. The van der Waals surface area contributed by atoms with Crippen LogP contribution in [0.2, 0.25) is 0 Å². The van der Waals surface area contributed by atoms with Gasteiger partial charge >= 0.3 is 6.03 Å². The number of benzene rings is 1. The molecule has 1 amide bonds. The number of hydrogen-bond donors (Lipinski definition) is 1. The highest BCUT2D eigenvalue weighted by Gasteiger charge is 2.10. The second-order valence-corrected chi connectivity index (χ2v) is 4.61. The first-order valence-corrected chi connectivity index (χ1v) is 6.00. The van der Waals surface area contributed by atoms with Gasteiger partial charge in [-0.2, -0.15) is 0 Å². The van der Waals surface area contributed by atoms with Gasteiger partial charge in [-0.15, -0.1) is 0 Å². The van der Waals surface area contributed by atoms with Crippen molar-refractivity contribution in [3.05, 3.63) is 53.0 Å². The third-order valence-electron chi connectivity index (χ3n) is 2.43. The average Bonchev–Trinajstić information content (AvgIpc) is 2.82. The van der Waals surface area contributed by atoms with Crippen LogP contribution in [0.3, 0.4) is 0 Å². The van der Waals surface area contributed by atoms with Crippen LogP contribution in [0.15, 0.2) is 47.5 Å². The molecule has 1 N–H and O–H groups in total. The number of hydrogen-bond acceptors (Lipinski definition) is 2. The van der Waals surface area contributed by atoms with Crippen molar-refractivity contribution in [2.24, 2.45) is 0 Å². The van der Waals surface area contributed by atoms with Crippen LogP contribution in [0.25, 0.3) is 0 Å². The van der Waals surface area contributed by atoms with Crippen molar-refractivity contribution in [2.75, 3.05) is 0 Å². The SMILES string of the molecule is C[C@@H](NC(=O)n1ccnc1)c1cccc(Br)c1. The summed E-state index contributed by atoms with van der Waals surface area (Å²) in [7, 11) is 0. The third-order valence-corrected chi connectivity index (χ3v) is 2.92. The fraction of sp³-hybridized carbons (Fsp3) is 0.167. The van der Waals surface area contributed by atoms with Gasteiger partial charge in [-0.05, 0) is 24.6 Å². The van der Waals surface area contributed by atoms with Crippen LogP contribution in [-0.4, -0.2) is 15.6 Å². The van der Waals surface area contributed by atoms with Gasteiger partial charge in [0.25, 0.3) is 0 Å². The van der Waals surface area contributed by atoms with Crippen molar-refractivity contribution >= 4 is 22.0 Å². The molecule has 1 aromatic heterocycles. The highest BCUT2D eigenvalue weighted by molar-refractivity contribution is 9.10.